The molecular formula is C25H30N2O4S. The maximum absolute atomic E-state index is 13.0. The van der Waals surface area contributed by atoms with Crippen LogP contribution in [0.4, 0.5) is 5.69 Å². The summed E-state index contributed by atoms with van der Waals surface area (Å²) in [5, 5.41) is 3.37. The van der Waals surface area contributed by atoms with Crippen molar-refractivity contribution >= 4 is 21.6 Å². The van der Waals surface area contributed by atoms with Crippen LogP contribution in [0.5, 0.6) is 5.75 Å². The van der Waals surface area contributed by atoms with Crippen LogP contribution >= 0.6 is 0 Å². The predicted octanol–water partition coefficient (Wildman–Crippen LogP) is 4.22. The SMILES string of the molecule is COc1ccc(S(=O)(=O)N(C)c2ccc(C(=O)NC34CC5CC(CC(C5)C3)C4)cc2)cc1. The monoisotopic (exact) mass is 454 g/mol. The number of hydrogen-bond acceptors (Lipinski definition) is 4. The highest BCUT2D eigenvalue weighted by atomic mass is 32.2. The molecule has 4 bridgehead atoms. The first-order chi connectivity index (χ1) is 15.3. The van der Waals surface area contributed by atoms with E-state index in [2.05, 4.69) is 5.32 Å². The fourth-order valence-corrected chi connectivity index (χ4v) is 7.64. The van der Waals surface area contributed by atoms with Gasteiger partial charge in [0.25, 0.3) is 15.9 Å². The van der Waals surface area contributed by atoms with Crippen LogP contribution in [0.15, 0.2) is 53.4 Å². The smallest absolute Gasteiger partial charge is 0.264 e. The molecule has 7 heteroatoms. The maximum Gasteiger partial charge on any atom is 0.264 e. The summed E-state index contributed by atoms with van der Waals surface area (Å²) >= 11 is 0. The van der Waals surface area contributed by atoms with E-state index in [9.17, 15) is 13.2 Å². The summed E-state index contributed by atoms with van der Waals surface area (Å²) in [6.07, 6.45) is 7.31. The molecule has 0 radical (unpaired) electrons. The Kier molecular flexibility index (Phi) is 5.19. The Morgan fingerprint density at radius 1 is 0.938 bits per heavy atom. The van der Waals surface area contributed by atoms with E-state index in [1.54, 1.807) is 36.4 Å². The molecule has 6 rings (SSSR count). The van der Waals surface area contributed by atoms with Crippen LogP contribution in [-0.4, -0.2) is 34.0 Å². The van der Waals surface area contributed by atoms with Crippen LogP contribution in [0.1, 0.15) is 48.9 Å². The van der Waals surface area contributed by atoms with Gasteiger partial charge in [-0.3, -0.25) is 9.10 Å². The molecule has 2 aromatic rings. The Bertz CT molecular complexity index is 1070. The summed E-state index contributed by atoms with van der Waals surface area (Å²) in [5.74, 6) is 2.84. The van der Waals surface area contributed by atoms with Crippen LogP contribution in [0.3, 0.4) is 0 Å². The molecule has 1 amide bonds. The maximum atomic E-state index is 13.0. The molecule has 4 fully saturated rings. The van der Waals surface area contributed by atoms with Gasteiger partial charge in [0, 0.05) is 18.2 Å². The third-order valence-corrected chi connectivity index (χ3v) is 9.43. The van der Waals surface area contributed by atoms with Crippen molar-refractivity contribution in [1.29, 1.82) is 0 Å². The number of nitrogens with zero attached hydrogens (tertiary/aromatic N) is 1. The lowest BCUT2D eigenvalue weighted by molar-refractivity contribution is -0.0167. The van der Waals surface area contributed by atoms with E-state index in [4.69, 9.17) is 4.74 Å². The number of rotatable bonds is 6. The van der Waals surface area contributed by atoms with E-state index in [0.717, 1.165) is 37.0 Å². The molecule has 0 saturated heterocycles. The van der Waals surface area contributed by atoms with Crippen molar-refractivity contribution < 1.29 is 17.9 Å². The molecule has 32 heavy (non-hydrogen) atoms. The Balaban J connectivity index is 1.30. The molecule has 0 aromatic heterocycles. The van der Waals surface area contributed by atoms with Gasteiger partial charge < -0.3 is 10.1 Å². The molecule has 0 heterocycles. The summed E-state index contributed by atoms with van der Waals surface area (Å²) in [6, 6.07) is 13.1. The molecule has 0 spiro atoms. The average molecular weight is 455 g/mol. The largest absolute Gasteiger partial charge is 0.497 e. The van der Waals surface area contributed by atoms with Crippen LogP contribution in [-0.2, 0) is 10.0 Å². The van der Waals surface area contributed by atoms with E-state index < -0.39 is 10.0 Å². The van der Waals surface area contributed by atoms with Gasteiger partial charge in [-0.1, -0.05) is 0 Å². The first-order valence-electron chi connectivity index (χ1n) is 11.3. The molecule has 1 N–H and O–H groups in total. The van der Waals surface area contributed by atoms with Gasteiger partial charge in [-0.2, -0.15) is 0 Å². The van der Waals surface area contributed by atoms with Gasteiger partial charge in [0.05, 0.1) is 17.7 Å². The molecule has 4 aliphatic carbocycles. The zero-order chi connectivity index (χ0) is 22.5. The van der Waals surface area contributed by atoms with Crippen LogP contribution in [0.2, 0.25) is 0 Å². The minimum absolute atomic E-state index is 0.0427. The number of carbonyl (C=O) groups is 1. The predicted molar refractivity (Wildman–Crippen MR) is 123 cm³/mol. The molecule has 6 nitrogen and oxygen atoms in total. The number of anilines is 1. The third kappa shape index (κ3) is 3.76. The Hall–Kier alpha value is -2.54. The minimum atomic E-state index is -3.71. The lowest BCUT2D eigenvalue weighted by Gasteiger charge is -2.56. The summed E-state index contributed by atoms with van der Waals surface area (Å²) in [6.45, 7) is 0. The van der Waals surface area contributed by atoms with E-state index in [-0.39, 0.29) is 16.3 Å². The van der Waals surface area contributed by atoms with Crippen LogP contribution < -0.4 is 14.4 Å². The van der Waals surface area contributed by atoms with Crippen molar-refractivity contribution in [2.75, 3.05) is 18.5 Å². The molecule has 0 atom stereocenters. The van der Waals surface area contributed by atoms with Crippen molar-refractivity contribution in [1.82, 2.24) is 5.32 Å². The molecule has 4 aliphatic rings. The summed E-state index contributed by atoms with van der Waals surface area (Å²) < 4.78 is 32.3. The van der Waals surface area contributed by atoms with Crippen molar-refractivity contribution in [2.24, 2.45) is 17.8 Å². The zero-order valence-electron chi connectivity index (χ0n) is 18.6. The van der Waals surface area contributed by atoms with E-state index in [0.29, 0.717) is 17.0 Å². The fourth-order valence-electron chi connectivity index (χ4n) is 6.44. The van der Waals surface area contributed by atoms with Crippen molar-refractivity contribution in [3.8, 4) is 5.75 Å². The van der Waals surface area contributed by atoms with E-state index >= 15 is 0 Å². The zero-order valence-corrected chi connectivity index (χ0v) is 19.4. The lowest BCUT2D eigenvalue weighted by atomic mass is 9.53. The number of sulfonamides is 1. The second-order valence-corrected chi connectivity index (χ2v) is 11.8. The number of hydrogen-bond donors (Lipinski definition) is 1. The summed E-state index contributed by atoms with van der Waals surface area (Å²) in [5.41, 5.74) is 1.03. The topological polar surface area (TPSA) is 75.7 Å². The Morgan fingerprint density at radius 2 is 1.47 bits per heavy atom. The number of ether oxygens (including phenoxy) is 1. The molecular weight excluding hydrogens is 424 g/mol. The Morgan fingerprint density at radius 3 is 1.97 bits per heavy atom. The summed E-state index contributed by atoms with van der Waals surface area (Å²) in [7, 11) is -0.653. The van der Waals surface area contributed by atoms with Gasteiger partial charge in [0.15, 0.2) is 0 Å². The number of methoxy groups -OCH3 is 1. The highest BCUT2D eigenvalue weighted by molar-refractivity contribution is 7.92. The Labute approximate surface area is 190 Å². The number of amides is 1. The summed E-state index contributed by atoms with van der Waals surface area (Å²) in [4.78, 5) is 13.2. The first kappa shape index (κ1) is 21.3. The fraction of sp³-hybridized carbons (Fsp3) is 0.480. The molecule has 170 valence electrons. The second-order valence-electron chi connectivity index (χ2n) is 9.85. The first-order valence-corrected chi connectivity index (χ1v) is 12.8. The van der Waals surface area contributed by atoms with Gasteiger partial charge in [-0.25, -0.2) is 8.42 Å². The third-order valence-electron chi connectivity index (χ3n) is 7.63. The van der Waals surface area contributed by atoms with Gasteiger partial charge in [0.2, 0.25) is 0 Å². The number of nitrogens with one attached hydrogen (secondary N) is 1. The van der Waals surface area contributed by atoms with Crippen molar-refractivity contribution in [3.63, 3.8) is 0 Å². The molecule has 0 unspecified atom stereocenters. The van der Waals surface area contributed by atoms with Crippen LogP contribution in [0, 0.1) is 17.8 Å². The highest BCUT2D eigenvalue weighted by Gasteiger charge is 2.51. The molecule has 0 aliphatic heterocycles. The van der Waals surface area contributed by atoms with Gasteiger partial charge in [0.1, 0.15) is 5.75 Å². The molecule has 4 saturated carbocycles. The van der Waals surface area contributed by atoms with Gasteiger partial charge in [-0.15, -0.1) is 0 Å². The quantitative estimate of drug-likeness (QED) is 0.709. The highest BCUT2D eigenvalue weighted by Crippen LogP contribution is 2.55. The number of carbonyl (C=O) groups excluding carboxylic acids is 1. The van der Waals surface area contributed by atoms with Crippen molar-refractivity contribution in [2.45, 2.75) is 49.0 Å². The van der Waals surface area contributed by atoms with E-state index in [1.165, 1.54) is 49.9 Å². The lowest BCUT2D eigenvalue weighted by Crippen LogP contribution is -2.59. The molecule has 2 aromatic carbocycles. The normalized spacial score (nSPS) is 28.4. The number of benzene rings is 2. The van der Waals surface area contributed by atoms with E-state index in [1.807, 2.05) is 0 Å². The van der Waals surface area contributed by atoms with Crippen molar-refractivity contribution in [3.05, 3.63) is 54.1 Å². The van der Waals surface area contributed by atoms with Crippen LogP contribution in [0.25, 0.3) is 0 Å². The standard InChI is InChI=1S/C25H30N2O4S/c1-27(32(29,30)23-9-7-22(31-2)8-10-23)21-5-3-20(4-6-21)24(28)26-25-14-17-11-18(15-25)13-19(12-17)16-25/h3-10,17-19H,11-16H2,1-2H3,(H,26,28). The van der Waals surface area contributed by atoms with Gasteiger partial charge in [-0.05, 0) is 105 Å². The average Bonchev–Trinajstić information content (AvgIpc) is 2.77. The van der Waals surface area contributed by atoms with Gasteiger partial charge >= 0.3 is 0 Å². The second kappa shape index (κ2) is 7.80. The minimum Gasteiger partial charge on any atom is -0.497 e.